The van der Waals surface area contributed by atoms with E-state index in [0.717, 1.165) is 15.2 Å². The Labute approximate surface area is 132 Å². The van der Waals surface area contributed by atoms with Crippen LogP contribution in [0.25, 0.3) is 0 Å². The highest BCUT2D eigenvalue weighted by Crippen LogP contribution is 2.30. The van der Waals surface area contributed by atoms with E-state index in [-0.39, 0.29) is 11.0 Å². The maximum absolute atomic E-state index is 12.4. The van der Waals surface area contributed by atoms with Crippen molar-refractivity contribution in [3.63, 3.8) is 0 Å². The van der Waals surface area contributed by atoms with E-state index in [0.29, 0.717) is 12.2 Å². The SMILES string of the molecule is CCOc1ccc(C(=O)[C@H](C)Sc2nnc(NC)s2)cc1. The minimum Gasteiger partial charge on any atom is -0.494 e. The largest absolute Gasteiger partial charge is 0.494 e. The van der Waals surface area contributed by atoms with Crippen LogP contribution in [-0.4, -0.2) is 34.9 Å². The van der Waals surface area contributed by atoms with Crippen molar-refractivity contribution in [2.75, 3.05) is 19.0 Å². The number of anilines is 1. The predicted octanol–water partition coefficient (Wildman–Crippen LogP) is 3.34. The Morgan fingerprint density at radius 1 is 1.38 bits per heavy atom. The van der Waals surface area contributed by atoms with E-state index in [2.05, 4.69) is 15.5 Å². The van der Waals surface area contributed by atoms with Crippen LogP contribution >= 0.6 is 23.1 Å². The Hall–Kier alpha value is -1.60. The summed E-state index contributed by atoms with van der Waals surface area (Å²) in [6.45, 7) is 4.42. The van der Waals surface area contributed by atoms with Gasteiger partial charge in [-0.05, 0) is 38.1 Å². The van der Waals surface area contributed by atoms with E-state index < -0.39 is 0 Å². The molecule has 0 aliphatic rings. The highest BCUT2D eigenvalue weighted by atomic mass is 32.2. The second-order valence-electron chi connectivity index (χ2n) is 4.20. The molecule has 0 radical (unpaired) electrons. The normalized spacial score (nSPS) is 12.0. The molecule has 7 heteroatoms. The lowest BCUT2D eigenvalue weighted by Crippen LogP contribution is -2.13. The van der Waals surface area contributed by atoms with Gasteiger partial charge in [0.05, 0.1) is 11.9 Å². The Morgan fingerprint density at radius 2 is 2.10 bits per heavy atom. The monoisotopic (exact) mass is 323 g/mol. The molecule has 0 saturated carbocycles. The minimum atomic E-state index is -0.208. The third-order valence-corrected chi connectivity index (χ3v) is 4.84. The molecule has 0 bridgehead atoms. The highest BCUT2D eigenvalue weighted by molar-refractivity contribution is 8.02. The van der Waals surface area contributed by atoms with Gasteiger partial charge in [0.15, 0.2) is 10.1 Å². The van der Waals surface area contributed by atoms with Crippen LogP contribution in [0.3, 0.4) is 0 Å². The van der Waals surface area contributed by atoms with Crippen LogP contribution in [0.15, 0.2) is 28.6 Å². The number of Topliss-reactive ketones (excluding diaryl/α,β-unsaturated/α-hetero) is 1. The van der Waals surface area contributed by atoms with Crippen molar-refractivity contribution in [1.82, 2.24) is 10.2 Å². The first-order valence-electron chi connectivity index (χ1n) is 6.59. The van der Waals surface area contributed by atoms with E-state index in [1.807, 2.05) is 26.0 Å². The lowest BCUT2D eigenvalue weighted by atomic mass is 10.1. The average Bonchev–Trinajstić information content (AvgIpc) is 2.95. The Balaban J connectivity index is 2.01. The number of hydrogen-bond acceptors (Lipinski definition) is 7. The van der Waals surface area contributed by atoms with Crippen molar-refractivity contribution >= 4 is 34.0 Å². The molecule has 1 aromatic carbocycles. The molecule has 5 nitrogen and oxygen atoms in total. The fourth-order valence-corrected chi connectivity index (χ4v) is 3.61. The quantitative estimate of drug-likeness (QED) is 0.623. The molecule has 1 N–H and O–H groups in total. The summed E-state index contributed by atoms with van der Waals surface area (Å²) in [4.78, 5) is 12.4. The molecule has 2 aromatic rings. The van der Waals surface area contributed by atoms with Crippen LogP contribution in [0, 0.1) is 0 Å². The van der Waals surface area contributed by atoms with Crippen LogP contribution < -0.4 is 10.1 Å². The van der Waals surface area contributed by atoms with Gasteiger partial charge in [0.1, 0.15) is 5.75 Å². The van der Waals surface area contributed by atoms with E-state index in [1.54, 1.807) is 19.2 Å². The van der Waals surface area contributed by atoms with Gasteiger partial charge in [-0.1, -0.05) is 23.1 Å². The summed E-state index contributed by atoms with van der Waals surface area (Å²) in [6, 6.07) is 7.23. The standard InChI is InChI=1S/C14H17N3O2S2/c1-4-19-11-7-5-10(6-8-11)12(18)9(2)20-14-17-16-13(15-3)21-14/h5-9H,4H2,1-3H3,(H,15,16)/t9-/m0/s1. The molecule has 0 aliphatic carbocycles. The second kappa shape index (κ2) is 7.42. The molecule has 0 aliphatic heterocycles. The van der Waals surface area contributed by atoms with Gasteiger partial charge in [-0.15, -0.1) is 10.2 Å². The number of nitrogens with zero attached hydrogens (tertiary/aromatic N) is 2. The zero-order valence-electron chi connectivity index (χ0n) is 12.1. The van der Waals surface area contributed by atoms with Gasteiger partial charge in [0, 0.05) is 12.6 Å². The number of hydrogen-bond donors (Lipinski definition) is 1. The molecule has 1 aromatic heterocycles. The molecule has 112 valence electrons. The van der Waals surface area contributed by atoms with Crippen molar-refractivity contribution in [2.45, 2.75) is 23.4 Å². The summed E-state index contributed by atoms with van der Waals surface area (Å²) < 4.78 is 6.16. The van der Waals surface area contributed by atoms with Crippen LogP contribution in [-0.2, 0) is 0 Å². The fraction of sp³-hybridized carbons (Fsp3) is 0.357. The van der Waals surface area contributed by atoms with E-state index in [4.69, 9.17) is 4.74 Å². The summed E-state index contributed by atoms with van der Waals surface area (Å²) in [6.07, 6.45) is 0. The summed E-state index contributed by atoms with van der Waals surface area (Å²) in [5.74, 6) is 0.849. The molecule has 0 spiro atoms. The third-order valence-electron chi connectivity index (χ3n) is 2.72. The first kappa shape index (κ1) is 15.8. The molecule has 1 atom stereocenters. The van der Waals surface area contributed by atoms with Crippen LogP contribution in [0.5, 0.6) is 5.75 Å². The van der Waals surface area contributed by atoms with Gasteiger partial charge in [0.2, 0.25) is 5.13 Å². The maximum atomic E-state index is 12.4. The number of nitrogens with one attached hydrogen (secondary N) is 1. The number of carbonyl (C=O) groups is 1. The number of thioether (sulfide) groups is 1. The number of ether oxygens (including phenoxy) is 1. The van der Waals surface area contributed by atoms with Crippen molar-refractivity contribution in [3.05, 3.63) is 29.8 Å². The highest BCUT2D eigenvalue weighted by Gasteiger charge is 2.18. The number of benzene rings is 1. The van der Waals surface area contributed by atoms with Gasteiger partial charge in [-0.2, -0.15) is 0 Å². The summed E-state index contributed by atoms with van der Waals surface area (Å²) in [5.41, 5.74) is 0.678. The fourth-order valence-electron chi connectivity index (χ4n) is 1.68. The predicted molar refractivity (Wildman–Crippen MR) is 86.7 cm³/mol. The number of ketones is 1. The van der Waals surface area contributed by atoms with Gasteiger partial charge in [0.25, 0.3) is 0 Å². The minimum absolute atomic E-state index is 0.0734. The van der Waals surface area contributed by atoms with Crippen molar-refractivity contribution in [1.29, 1.82) is 0 Å². The van der Waals surface area contributed by atoms with E-state index in [9.17, 15) is 4.79 Å². The van der Waals surface area contributed by atoms with Crippen LogP contribution in [0.2, 0.25) is 0 Å². The van der Waals surface area contributed by atoms with E-state index in [1.165, 1.54) is 23.1 Å². The third kappa shape index (κ3) is 4.18. The number of aromatic nitrogens is 2. The lowest BCUT2D eigenvalue weighted by molar-refractivity contribution is 0.0994. The van der Waals surface area contributed by atoms with Gasteiger partial charge >= 0.3 is 0 Å². The maximum Gasteiger partial charge on any atom is 0.206 e. The summed E-state index contributed by atoms with van der Waals surface area (Å²) in [5, 5.41) is 11.5. The van der Waals surface area contributed by atoms with Crippen LogP contribution in [0.4, 0.5) is 5.13 Å². The van der Waals surface area contributed by atoms with Gasteiger partial charge in [-0.25, -0.2) is 0 Å². The van der Waals surface area contributed by atoms with Crippen molar-refractivity contribution < 1.29 is 9.53 Å². The smallest absolute Gasteiger partial charge is 0.206 e. The molecule has 1 heterocycles. The van der Waals surface area contributed by atoms with Gasteiger partial charge < -0.3 is 10.1 Å². The van der Waals surface area contributed by atoms with Gasteiger partial charge in [-0.3, -0.25) is 4.79 Å². The van der Waals surface area contributed by atoms with E-state index >= 15 is 0 Å². The zero-order chi connectivity index (χ0) is 15.2. The molecule has 0 fully saturated rings. The lowest BCUT2D eigenvalue weighted by Gasteiger charge is -2.09. The first-order chi connectivity index (χ1) is 10.1. The molecule has 0 unspecified atom stereocenters. The number of rotatable bonds is 7. The summed E-state index contributed by atoms with van der Waals surface area (Å²) in [7, 11) is 1.80. The summed E-state index contributed by atoms with van der Waals surface area (Å²) >= 11 is 2.86. The molecule has 0 saturated heterocycles. The van der Waals surface area contributed by atoms with Crippen LogP contribution in [0.1, 0.15) is 24.2 Å². The molecule has 21 heavy (non-hydrogen) atoms. The van der Waals surface area contributed by atoms with Crippen molar-refractivity contribution in [3.8, 4) is 5.75 Å². The average molecular weight is 323 g/mol. The number of carbonyl (C=O) groups excluding carboxylic acids is 1. The topological polar surface area (TPSA) is 64.1 Å². The zero-order valence-corrected chi connectivity index (χ0v) is 13.8. The Bertz CT molecular complexity index is 599. The Morgan fingerprint density at radius 3 is 2.67 bits per heavy atom. The van der Waals surface area contributed by atoms with Crippen molar-refractivity contribution in [2.24, 2.45) is 0 Å². The molecule has 0 amide bonds. The molecular formula is C14H17N3O2S2. The second-order valence-corrected chi connectivity index (χ2v) is 6.77. The Kier molecular flexibility index (Phi) is 5.58. The first-order valence-corrected chi connectivity index (χ1v) is 8.28. The molecule has 2 rings (SSSR count). The molecular weight excluding hydrogens is 306 g/mol.